The highest BCUT2D eigenvalue weighted by molar-refractivity contribution is 7.87. The molecule has 25 heavy (non-hydrogen) atoms. The van der Waals surface area contributed by atoms with Crippen LogP contribution in [0, 0.1) is 0 Å². The molecule has 2 aromatic rings. The fourth-order valence-electron chi connectivity index (χ4n) is 1.90. The normalized spacial score (nSPS) is 11.0. The van der Waals surface area contributed by atoms with Crippen LogP contribution in [0.3, 0.4) is 0 Å². The van der Waals surface area contributed by atoms with E-state index in [4.69, 9.17) is 14.7 Å². The van der Waals surface area contributed by atoms with Crippen molar-refractivity contribution in [1.82, 2.24) is 0 Å². The average Bonchev–Trinajstić information content (AvgIpc) is 2.61. The van der Waals surface area contributed by atoms with Crippen molar-refractivity contribution in [2.75, 3.05) is 18.5 Å². The van der Waals surface area contributed by atoms with Gasteiger partial charge in [0.2, 0.25) is 5.91 Å². The smallest absolute Gasteiger partial charge is 0.339 e. The number of amides is 1. The fourth-order valence-corrected chi connectivity index (χ4v) is 2.83. The Morgan fingerprint density at radius 3 is 2.20 bits per heavy atom. The topological polar surface area (TPSA) is 108 Å². The van der Waals surface area contributed by atoms with E-state index >= 15 is 0 Å². The number of nitrogens with two attached hydrogens (primary N) is 1. The Kier molecular flexibility index (Phi) is 6.37. The number of anilines is 1. The summed E-state index contributed by atoms with van der Waals surface area (Å²) in [5.74, 6) is 0.466. The number of nitrogens with one attached hydrogen (secondary N) is 1. The van der Waals surface area contributed by atoms with Crippen LogP contribution in [0.4, 0.5) is 5.69 Å². The number of ether oxygens (including phenoxy) is 1. The third-order valence-electron chi connectivity index (χ3n) is 3.11. The lowest BCUT2D eigenvalue weighted by atomic mass is 10.3. The number of hydrogen-bond acceptors (Lipinski definition) is 6. The molecule has 0 radical (unpaired) electrons. The van der Waals surface area contributed by atoms with E-state index in [0.29, 0.717) is 18.0 Å². The Labute approximate surface area is 146 Å². The molecule has 2 rings (SSSR count). The van der Waals surface area contributed by atoms with Crippen LogP contribution < -0.4 is 20.0 Å². The van der Waals surface area contributed by atoms with E-state index in [1.165, 1.54) is 36.4 Å². The van der Waals surface area contributed by atoms with E-state index in [1.807, 2.05) is 6.92 Å². The Morgan fingerprint density at radius 2 is 1.64 bits per heavy atom. The predicted octanol–water partition coefficient (Wildman–Crippen LogP) is 2.14. The largest absolute Gasteiger partial charge is 0.494 e. The molecule has 1 amide bonds. The summed E-state index contributed by atoms with van der Waals surface area (Å²) in [5.41, 5.74) is 5.66. The maximum atomic E-state index is 12.3. The highest BCUT2D eigenvalue weighted by Crippen LogP contribution is 2.22. The molecule has 0 saturated heterocycles. The van der Waals surface area contributed by atoms with Crippen LogP contribution in [-0.2, 0) is 14.9 Å². The minimum atomic E-state index is -3.97. The molecular weight excluding hydrogens is 344 g/mol. The van der Waals surface area contributed by atoms with Crippen molar-refractivity contribution < 1.29 is 22.1 Å². The molecule has 0 aliphatic carbocycles. The second-order valence-corrected chi connectivity index (χ2v) is 6.68. The summed E-state index contributed by atoms with van der Waals surface area (Å²) in [6.07, 6.45) is 0.883. The van der Waals surface area contributed by atoms with Gasteiger partial charge in [-0.15, -0.1) is 0 Å². The van der Waals surface area contributed by atoms with Gasteiger partial charge in [0, 0.05) is 5.69 Å². The third kappa shape index (κ3) is 5.47. The fraction of sp³-hybridized carbons (Fsp3) is 0.235. The van der Waals surface area contributed by atoms with Crippen LogP contribution >= 0.6 is 0 Å². The van der Waals surface area contributed by atoms with Crippen molar-refractivity contribution in [2.24, 2.45) is 5.73 Å². The van der Waals surface area contributed by atoms with Gasteiger partial charge in [-0.1, -0.05) is 6.92 Å². The first-order valence-corrected chi connectivity index (χ1v) is 9.13. The summed E-state index contributed by atoms with van der Waals surface area (Å²) in [6, 6.07) is 12.0. The van der Waals surface area contributed by atoms with Crippen LogP contribution in [0.15, 0.2) is 53.4 Å². The molecular formula is C17H20N2O5S. The summed E-state index contributed by atoms with van der Waals surface area (Å²) in [6.45, 7) is 2.43. The molecule has 8 heteroatoms. The summed E-state index contributed by atoms with van der Waals surface area (Å²) in [5, 5.41) is 2.53. The Morgan fingerprint density at radius 1 is 1.04 bits per heavy atom. The Hall–Kier alpha value is -2.58. The lowest BCUT2D eigenvalue weighted by Gasteiger charge is -2.09. The van der Waals surface area contributed by atoms with Crippen molar-refractivity contribution in [2.45, 2.75) is 18.2 Å². The van der Waals surface area contributed by atoms with Crippen molar-refractivity contribution in [3.63, 3.8) is 0 Å². The zero-order valence-electron chi connectivity index (χ0n) is 13.8. The van der Waals surface area contributed by atoms with Gasteiger partial charge < -0.3 is 20.0 Å². The van der Waals surface area contributed by atoms with E-state index < -0.39 is 10.1 Å². The number of rotatable bonds is 8. The molecule has 0 aliphatic rings. The lowest BCUT2D eigenvalue weighted by Crippen LogP contribution is -2.21. The van der Waals surface area contributed by atoms with Crippen molar-refractivity contribution in [3.8, 4) is 11.5 Å². The van der Waals surface area contributed by atoms with Crippen LogP contribution in [0.25, 0.3) is 0 Å². The van der Waals surface area contributed by atoms with Gasteiger partial charge in [0.1, 0.15) is 16.4 Å². The van der Waals surface area contributed by atoms with Crippen LogP contribution in [0.1, 0.15) is 13.3 Å². The van der Waals surface area contributed by atoms with Crippen molar-refractivity contribution in [3.05, 3.63) is 48.5 Å². The van der Waals surface area contributed by atoms with Crippen molar-refractivity contribution in [1.29, 1.82) is 0 Å². The summed E-state index contributed by atoms with van der Waals surface area (Å²) < 4.78 is 35.1. The SMILES string of the molecule is CCCOc1ccc(OS(=O)(=O)c2ccc(NC(=O)CN)cc2)cc1. The predicted molar refractivity (Wildman–Crippen MR) is 94.2 cm³/mol. The van der Waals surface area contributed by atoms with Gasteiger partial charge in [-0.2, -0.15) is 8.42 Å². The number of carbonyl (C=O) groups excluding carboxylic acids is 1. The van der Waals surface area contributed by atoms with E-state index in [1.54, 1.807) is 12.1 Å². The summed E-state index contributed by atoms with van der Waals surface area (Å²) in [4.78, 5) is 11.2. The molecule has 134 valence electrons. The number of carbonyl (C=O) groups is 1. The summed E-state index contributed by atoms with van der Waals surface area (Å²) >= 11 is 0. The number of benzene rings is 2. The molecule has 0 fully saturated rings. The zero-order chi connectivity index (χ0) is 18.3. The second-order valence-electron chi connectivity index (χ2n) is 5.13. The molecule has 0 heterocycles. The molecule has 0 spiro atoms. The van der Waals surface area contributed by atoms with E-state index in [2.05, 4.69) is 5.32 Å². The van der Waals surface area contributed by atoms with Gasteiger partial charge in [0.05, 0.1) is 13.2 Å². The molecule has 0 unspecified atom stereocenters. The van der Waals surface area contributed by atoms with Gasteiger partial charge in [-0.25, -0.2) is 0 Å². The molecule has 0 aliphatic heterocycles. The van der Waals surface area contributed by atoms with Gasteiger partial charge in [0.25, 0.3) is 0 Å². The molecule has 0 atom stereocenters. The highest BCUT2D eigenvalue weighted by atomic mass is 32.2. The maximum Gasteiger partial charge on any atom is 0.339 e. The lowest BCUT2D eigenvalue weighted by molar-refractivity contribution is -0.114. The monoisotopic (exact) mass is 364 g/mol. The zero-order valence-corrected chi connectivity index (χ0v) is 14.6. The standard InChI is InChI=1S/C17H20N2O5S/c1-2-11-23-14-5-7-15(8-6-14)24-25(21,22)16-9-3-13(4-10-16)19-17(20)12-18/h3-10H,2,11-12,18H2,1H3,(H,19,20). The Balaban J connectivity index is 2.06. The third-order valence-corrected chi connectivity index (χ3v) is 4.38. The summed E-state index contributed by atoms with van der Waals surface area (Å²) in [7, 11) is -3.97. The van der Waals surface area contributed by atoms with E-state index in [0.717, 1.165) is 6.42 Å². The average molecular weight is 364 g/mol. The molecule has 3 N–H and O–H groups in total. The van der Waals surface area contributed by atoms with Gasteiger partial charge in [-0.3, -0.25) is 4.79 Å². The molecule has 7 nitrogen and oxygen atoms in total. The van der Waals surface area contributed by atoms with Crippen LogP contribution in [0.2, 0.25) is 0 Å². The molecule has 2 aromatic carbocycles. The van der Waals surface area contributed by atoms with E-state index in [9.17, 15) is 13.2 Å². The minimum Gasteiger partial charge on any atom is -0.494 e. The Bertz CT molecular complexity index is 802. The first kappa shape index (κ1) is 18.8. The van der Waals surface area contributed by atoms with Crippen molar-refractivity contribution >= 4 is 21.7 Å². The number of hydrogen-bond donors (Lipinski definition) is 2. The van der Waals surface area contributed by atoms with E-state index in [-0.39, 0.29) is 23.1 Å². The molecule has 0 aromatic heterocycles. The maximum absolute atomic E-state index is 12.3. The van der Waals surface area contributed by atoms with Gasteiger partial charge in [0.15, 0.2) is 0 Å². The second kappa shape index (κ2) is 8.50. The molecule has 0 saturated carbocycles. The van der Waals surface area contributed by atoms with Gasteiger partial charge >= 0.3 is 10.1 Å². The highest BCUT2D eigenvalue weighted by Gasteiger charge is 2.16. The quantitative estimate of drug-likeness (QED) is 0.695. The minimum absolute atomic E-state index is 0.0236. The van der Waals surface area contributed by atoms with Crippen LogP contribution in [-0.4, -0.2) is 27.5 Å². The van der Waals surface area contributed by atoms with Gasteiger partial charge in [-0.05, 0) is 55.0 Å². The molecule has 0 bridgehead atoms. The van der Waals surface area contributed by atoms with Crippen LogP contribution in [0.5, 0.6) is 11.5 Å². The first-order chi connectivity index (χ1) is 11.9. The first-order valence-electron chi connectivity index (χ1n) is 7.72.